The zero-order valence-electron chi connectivity index (χ0n) is 11.1. The maximum absolute atomic E-state index is 11.9. The van der Waals surface area contributed by atoms with Crippen LogP contribution in [-0.2, 0) is 4.79 Å². The van der Waals surface area contributed by atoms with Gasteiger partial charge in [-0.3, -0.25) is 4.79 Å². The molecule has 2 aromatic rings. The summed E-state index contributed by atoms with van der Waals surface area (Å²) in [5, 5.41) is 3.67. The number of nitrogens with zero attached hydrogens (tertiary/aromatic N) is 3. The number of amides is 1. The van der Waals surface area contributed by atoms with E-state index in [1.165, 1.54) is 0 Å². The van der Waals surface area contributed by atoms with Gasteiger partial charge in [0, 0.05) is 10.7 Å². The molecule has 0 saturated carbocycles. The van der Waals surface area contributed by atoms with Crippen LogP contribution in [0.15, 0.2) is 23.4 Å². The van der Waals surface area contributed by atoms with Crippen molar-refractivity contribution in [3.8, 4) is 0 Å². The number of benzene rings is 1. The molecule has 5 N–H and O–H groups in total. The molecule has 9 heteroatoms. The number of nitrogens with one attached hydrogen (secondary N) is 1. The van der Waals surface area contributed by atoms with Gasteiger partial charge in [-0.25, -0.2) is 0 Å². The van der Waals surface area contributed by atoms with Crippen molar-refractivity contribution >= 4 is 46.9 Å². The normalized spacial score (nSPS) is 10.4. The van der Waals surface area contributed by atoms with Crippen LogP contribution in [0.5, 0.6) is 0 Å². The average Bonchev–Trinajstić information content (AvgIpc) is 2.41. The van der Waals surface area contributed by atoms with Crippen molar-refractivity contribution in [3.05, 3.63) is 28.8 Å². The molecule has 0 spiro atoms. The van der Waals surface area contributed by atoms with E-state index < -0.39 is 0 Å². The van der Waals surface area contributed by atoms with Gasteiger partial charge in [-0.05, 0) is 24.6 Å². The third-order valence-corrected chi connectivity index (χ3v) is 3.78. The minimum absolute atomic E-state index is 0.0242. The zero-order valence-corrected chi connectivity index (χ0v) is 12.7. The lowest BCUT2D eigenvalue weighted by atomic mass is 10.2. The van der Waals surface area contributed by atoms with Gasteiger partial charge in [-0.1, -0.05) is 29.4 Å². The van der Waals surface area contributed by atoms with Crippen molar-refractivity contribution in [2.45, 2.75) is 12.1 Å². The highest BCUT2D eigenvalue weighted by molar-refractivity contribution is 7.99. The van der Waals surface area contributed by atoms with Crippen LogP contribution in [0.1, 0.15) is 5.56 Å². The molecular weight excluding hydrogens is 312 g/mol. The molecule has 0 atom stereocenters. The predicted octanol–water partition coefficient (Wildman–Crippen LogP) is 1.73. The van der Waals surface area contributed by atoms with Crippen molar-refractivity contribution in [2.24, 2.45) is 0 Å². The highest BCUT2D eigenvalue weighted by Crippen LogP contribution is 2.23. The fourth-order valence-electron chi connectivity index (χ4n) is 1.51. The summed E-state index contributed by atoms with van der Waals surface area (Å²) in [6.07, 6.45) is 0. The number of hydrogen-bond acceptors (Lipinski definition) is 7. The number of rotatable bonds is 4. The van der Waals surface area contributed by atoms with E-state index in [4.69, 9.17) is 23.1 Å². The van der Waals surface area contributed by atoms with Crippen molar-refractivity contribution in [3.63, 3.8) is 0 Å². The van der Waals surface area contributed by atoms with Gasteiger partial charge < -0.3 is 16.8 Å². The largest absolute Gasteiger partial charge is 0.368 e. The zero-order chi connectivity index (χ0) is 15.4. The molecule has 0 saturated heterocycles. The van der Waals surface area contributed by atoms with E-state index in [0.717, 1.165) is 17.3 Å². The second-order valence-corrected chi connectivity index (χ2v) is 5.43. The van der Waals surface area contributed by atoms with Crippen LogP contribution in [0.2, 0.25) is 5.02 Å². The summed E-state index contributed by atoms with van der Waals surface area (Å²) in [6.45, 7) is 1.83. The number of anilines is 3. The van der Waals surface area contributed by atoms with Crippen LogP contribution in [0.25, 0.3) is 0 Å². The fourth-order valence-corrected chi connectivity index (χ4v) is 2.34. The van der Waals surface area contributed by atoms with Gasteiger partial charge in [-0.15, -0.1) is 0 Å². The molecule has 21 heavy (non-hydrogen) atoms. The first-order valence-corrected chi connectivity index (χ1v) is 7.27. The molecule has 2 rings (SSSR count). The molecule has 0 aliphatic carbocycles. The number of nitrogens with two attached hydrogens (primary N) is 2. The molecule has 0 unspecified atom stereocenters. The lowest BCUT2D eigenvalue weighted by Gasteiger charge is -2.09. The monoisotopic (exact) mass is 324 g/mol. The summed E-state index contributed by atoms with van der Waals surface area (Å²) in [5.41, 5.74) is 12.4. The number of carbonyl (C=O) groups excluding carboxylic acids is 1. The number of halogens is 1. The van der Waals surface area contributed by atoms with E-state index in [9.17, 15) is 4.79 Å². The van der Waals surface area contributed by atoms with Gasteiger partial charge >= 0.3 is 0 Å². The standard InChI is InChI=1S/C12H13ClN6OS/c1-6-7(13)3-2-4-8(6)16-9(20)5-21-12-18-10(14)17-11(15)19-12/h2-4H,5H2,1H3,(H,16,20)(H4,14,15,17,18,19). The Morgan fingerprint density at radius 3 is 2.62 bits per heavy atom. The molecule has 0 bridgehead atoms. The highest BCUT2D eigenvalue weighted by atomic mass is 35.5. The summed E-state index contributed by atoms with van der Waals surface area (Å²) in [7, 11) is 0. The Morgan fingerprint density at radius 2 is 1.95 bits per heavy atom. The molecule has 0 aliphatic heterocycles. The minimum Gasteiger partial charge on any atom is -0.368 e. The molecular formula is C12H13ClN6OS. The smallest absolute Gasteiger partial charge is 0.234 e. The van der Waals surface area contributed by atoms with Gasteiger partial charge in [0.05, 0.1) is 5.75 Å². The summed E-state index contributed by atoms with van der Waals surface area (Å²) in [4.78, 5) is 23.3. The number of nitrogen functional groups attached to an aromatic ring is 2. The molecule has 0 fully saturated rings. The second kappa shape index (κ2) is 6.59. The summed E-state index contributed by atoms with van der Waals surface area (Å²) >= 11 is 7.11. The predicted molar refractivity (Wildman–Crippen MR) is 84.2 cm³/mol. The summed E-state index contributed by atoms with van der Waals surface area (Å²) in [5.74, 6) is -0.0374. The van der Waals surface area contributed by atoms with Crippen molar-refractivity contribution < 1.29 is 4.79 Å². The summed E-state index contributed by atoms with van der Waals surface area (Å²) in [6, 6.07) is 5.31. The number of aromatic nitrogens is 3. The van der Waals surface area contributed by atoms with Crippen LogP contribution < -0.4 is 16.8 Å². The van der Waals surface area contributed by atoms with Gasteiger partial charge in [0.1, 0.15) is 0 Å². The van der Waals surface area contributed by atoms with Gasteiger partial charge in [-0.2, -0.15) is 15.0 Å². The van der Waals surface area contributed by atoms with Crippen LogP contribution >= 0.6 is 23.4 Å². The van der Waals surface area contributed by atoms with Crippen LogP contribution in [0.3, 0.4) is 0 Å². The van der Waals surface area contributed by atoms with Crippen molar-refractivity contribution in [1.29, 1.82) is 0 Å². The Morgan fingerprint density at radius 1 is 1.29 bits per heavy atom. The van der Waals surface area contributed by atoms with Gasteiger partial charge in [0.15, 0.2) is 5.16 Å². The van der Waals surface area contributed by atoms with Gasteiger partial charge in [0.25, 0.3) is 0 Å². The Kier molecular flexibility index (Phi) is 4.81. The fraction of sp³-hybridized carbons (Fsp3) is 0.167. The van der Waals surface area contributed by atoms with Crippen molar-refractivity contribution in [1.82, 2.24) is 15.0 Å². The van der Waals surface area contributed by atoms with E-state index in [-0.39, 0.29) is 23.6 Å². The van der Waals surface area contributed by atoms with Crippen LogP contribution in [-0.4, -0.2) is 26.6 Å². The lowest BCUT2D eigenvalue weighted by Crippen LogP contribution is -2.15. The van der Waals surface area contributed by atoms with Gasteiger partial charge in [0.2, 0.25) is 17.8 Å². The number of thioether (sulfide) groups is 1. The van der Waals surface area contributed by atoms with E-state index in [0.29, 0.717) is 15.9 Å². The van der Waals surface area contributed by atoms with E-state index >= 15 is 0 Å². The Labute approximate surface area is 130 Å². The molecule has 1 amide bonds. The highest BCUT2D eigenvalue weighted by Gasteiger charge is 2.09. The first-order valence-electron chi connectivity index (χ1n) is 5.90. The maximum atomic E-state index is 11.9. The van der Waals surface area contributed by atoms with E-state index in [1.54, 1.807) is 18.2 Å². The quantitative estimate of drug-likeness (QED) is 0.732. The molecule has 0 aliphatic rings. The maximum Gasteiger partial charge on any atom is 0.234 e. The molecule has 7 nitrogen and oxygen atoms in total. The third-order valence-electron chi connectivity index (χ3n) is 2.52. The molecule has 110 valence electrons. The molecule has 1 aromatic carbocycles. The minimum atomic E-state index is -0.206. The lowest BCUT2D eigenvalue weighted by molar-refractivity contribution is -0.113. The molecule has 1 aromatic heterocycles. The molecule has 1 heterocycles. The van der Waals surface area contributed by atoms with Crippen molar-refractivity contribution in [2.75, 3.05) is 22.5 Å². The number of carbonyl (C=O) groups is 1. The second-order valence-electron chi connectivity index (χ2n) is 4.08. The topological polar surface area (TPSA) is 120 Å². The first-order chi connectivity index (χ1) is 9.95. The Bertz CT molecular complexity index is 661. The Balaban J connectivity index is 1.97. The molecule has 0 radical (unpaired) electrons. The van der Waals surface area contributed by atoms with E-state index in [1.807, 2.05) is 6.92 Å². The third kappa shape index (κ3) is 4.20. The van der Waals surface area contributed by atoms with Crippen LogP contribution in [0.4, 0.5) is 17.6 Å². The average molecular weight is 325 g/mol. The SMILES string of the molecule is Cc1c(Cl)cccc1NC(=O)CSc1nc(N)nc(N)n1. The van der Waals surface area contributed by atoms with Crippen LogP contribution in [0, 0.1) is 6.92 Å². The summed E-state index contributed by atoms with van der Waals surface area (Å²) < 4.78 is 0. The Hall–Kier alpha value is -2.06. The first kappa shape index (κ1) is 15.3. The number of hydrogen-bond donors (Lipinski definition) is 3. The van der Waals surface area contributed by atoms with E-state index in [2.05, 4.69) is 20.3 Å².